The molecule has 0 spiro atoms. The van der Waals surface area contributed by atoms with Gasteiger partial charge in [0.15, 0.2) is 0 Å². The minimum atomic E-state index is 0.560. The Morgan fingerprint density at radius 3 is 3.00 bits per heavy atom. The van der Waals surface area contributed by atoms with Gasteiger partial charge < -0.3 is 5.32 Å². The summed E-state index contributed by atoms with van der Waals surface area (Å²) < 4.78 is 0. The summed E-state index contributed by atoms with van der Waals surface area (Å²) in [5.41, 5.74) is 3.77. The maximum Gasteiger partial charge on any atom is 0.0794 e. The largest absolute Gasteiger partial charge is 0.316 e. The molecule has 0 unspecified atom stereocenters. The minimum Gasteiger partial charge on any atom is -0.316 e. The molecule has 1 aromatic rings. The Morgan fingerprint density at radius 1 is 1.62 bits per heavy atom. The van der Waals surface area contributed by atoms with E-state index in [1.54, 1.807) is 11.3 Å². The van der Waals surface area contributed by atoms with Gasteiger partial charge in [-0.3, -0.25) is 0 Å². The van der Waals surface area contributed by atoms with E-state index in [0.717, 1.165) is 6.54 Å². The van der Waals surface area contributed by atoms with Crippen molar-refractivity contribution in [2.75, 3.05) is 13.1 Å². The first-order valence-electron chi connectivity index (χ1n) is 4.92. The number of aromatic nitrogens is 1. The predicted octanol–water partition coefficient (Wildman–Crippen LogP) is 2.08. The number of nitrogens with zero attached hydrogens (tertiary/aromatic N) is 1. The van der Waals surface area contributed by atoms with Crippen LogP contribution < -0.4 is 5.32 Å². The van der Waals surface area contributed by atoms with Gasteiger partial charge >= 0.3 is 0 Å². The van der Waals surface area contributed by atoms with Crippen molar-refractivity contribution in [3.8, 4) is 0 Å². The van der Waals surface area contributed by atoms with Crippen LogP contribution in [0.25, 0.3) is 0 Å². The highest BCUT2D eigenvalue weighted by molar-refractivity contribution is 7.07. The van der Waals surface area contributed by atoms with Gasteiger partial charge in [0.05, 0.1) is 11.2 Å². The third-order valence-electron chi connectivity index (χ3n) is 2.75. The van der Waals surface area contributed by atoms with Crippen molar-refractivity contribution >= 4 is 11.3 Å². The van der Waals surface area contributed by atoms with Crippen LogP contribution in [0, 0.1) is 5.41 Å². The van der Waals surface area contributed by atoms with E-state index in [4.69, 9.17) is 0 Å². The molecule has 0 aliphatic heterocycles. The Balaban J connectivity index is 1.87. The molecule has 1 aromatic heterocycles. The molecule has 1 N–H and O–H groups in total. The lowest BCUT2D eigenvalue weighted by Crippen LogP contribution is -2.25. The summed E-state index contributed by atoms with van der Waals surface area (Å²) in [6, 6.07) is 0. The number of hydrogen-bond acceptors (Lipinski definition) is 3. The summed E-state index contributed by atoms with van der Waals surface area (Å²) in [6.07, 6.45) is 3.92. The lowest BCUT2D eigenvalue weighted by Gasteiger charge is -2.13. The molecule has 0 bridgehead atoms. The molecule has 72 valence electrons. The molecule has 0 saturated heterocycles. The fraction of sp³-hybridized carbons (Fsp3) is 0.700. The van der Waals surface area contributed by atoms with Crippen molar-refractivity contribution in [3.63, 3.8) is 0 Å². The lowest BCUT2D eigenvalue weighted by molar-refractivity contribution is 0.459. The second kappa shape index (κ2) is 3.76. The summed E-state index contributed by atoms with van der Waals surface area (Å²) in [7, 11) is 0. The zero-order chi connectivity index (χ0) is 9.15. The Labute approximate surface area is 83.4 Å². The van der Waals surface area contributed by atoms with Gasteiger partial charge in [0.1, 0.15) is 0 Å². The van der Waals surface area contributed by atoms with Crippen LogP contribution in [0.2, 0.25) is 0 Å². The first kappa shape index (κ1) is 9.16. The van der Waals surface area contributed by atoms with Crippen molar-refractivity contribution in [3.05, 3.63) is 16.6 Å². The Hall–Kier alpha value is -0.410. The van der Waals surface area contributed by atoms with Crippen LogP contribution >= 0.6 is 11.3 Å². The lowest BCUT2D eigenvalue weighted by atomic mass is 10.0. The van der Waals surface area contributed by atoms with Crippen molar-refractivity contribution in [2.24, 2.45) is 5.41 Å². The molecule has 1 fully saturated rings. The van der Waals surface area contributed by atoms with Crippen LogP contribution in [0.4, 0.5) is 0 Å². The number of nitrogens with one attached hydrogen (secondary N) is 1. The second-order valence-corrected chi connectivity index (χ2v) is 4.66. The molecule has 0 atom stereocenters. The van der Waals surface area contributed by atoms with E-state index in [1.807, 2.05) is 5.51 Å². The SMILES string of the molecule is CCNCC1(Cc2cscn2)CC1. The standard InChI is InChI=1S/C10H16N2S/c1-2-11-7-10(3-4-10)5-9-6-13-8-12-9/h6,8,11H,2-5,7H2,1H3. The third kappa shape index (κ3) is 2.29. The molecule has 1 aliphatic carbocycles. The smallest absolute Gasteiger partial charge is 0.0794 e. The Morgan fingerprint density at radius 2 is 2.46 bits per heavy atom. The second-order valence-electron chi connectivity index (χ2n) is 3.94. The number of rotatable bonds is 5. The summed E-state index contributed by atoms with van der Waals surface area (Å²) >= 11 is 1.70. The molecule has 0 aromatic carbocycles. The predicted molar refractivity (Wildman–Crippen MR) is 56.0 cm³/mol. The van der Waals surface area contributed by atoms with Gasteiger partial charge in [0.25, 0.3) is 0 Å². The van der Waals surface area contributed by atoms with Gasteiger partial charge in [0.2, 0.25) is 0 Å². The highest BCUT2D eigenvalue weighted by Gasteiger charge is 2.42. The van der Waals surface area contributed by atoms with Crippen molar-refractivity contribution in [1.29, 1.82) is 0 Å². The van der Waals surface area contributed by atoms with Gasteiger partial charge in [-0.1, -0.05) is 6.92 Å². The van der Waals surface area contributed by atoms with Gasteiger partial charge in [-0.25, -0.2) is 4.98 Å². The average molecular weight is 196 g/mol. The van der Waals surface area contributed by atoms with Crippen LogP contribution in [-0.4, -0.2) is 18.1 Å². The molecule has 1 aliphatic rings. The quantitative estimate of drug-likeness (QED) is 0.780. The van der Waals surface area contributed by atoms with Gasteiger partial charge in [-0.15, -0.1) is 11.3 Å². The van der Waals surface area contributed by atoms with Crippen LogP contribution in [-0.2, 0) is 6.42 Å². The van der Waals surface area contributed by atoms with Crippen molar-refractivity contribution < 1.29 is 0 Å². The first-order chi connectivity index (χ1) is 6.35. The topological polar surface area (TPSA) is 24.9 Å². The van der Waals surface area contributed by atoms with E-state index in [0.29, 0.717) is 5.41 Å². The monoisotopic (exact) mass is 196 g/mol. The van der Waals surface area contributed by atoms with E-state index in [2.05, 4.69) is 22.6 Å². The van der Waals surface area contributed by atoms with Crippen LogP contribution in [0.5, 0.6) is 0 Å². The van der Waals surface area contributed by atoms with Crippen molar-refractivity contribution in [1.82, 2.24) is 10.3 Å². The summed E-state index contributed by atoms with van der Waals surface area (Å²) in [5, 5.41) is 5.61. The number of hydrogen-bond donors (Lipinski definition) is 1. The molecule has 2 rings (SSSR count). The normalized spacial score (nSPS) is 18.8. The highest BCUT2D eigenvalue weighted by atomic mass is 32.1. The maximum atomic E-state index is 4.34. The summed E-state index contributed by atoms with van der Waals surface area (Å²) in [5.74, 6) is 0. The van der Waals surface area contributed by atoms with Crippen LogP contribution in [0.1, 0.15) is 25.5 Å². The van der Waals surface area contributed by atoms with Gasteiger partial charge in [0, 0.05) is 11.9 Å². The van der Waals surface area contributed by atoms with Gasteiger partial charge in [-0.05, 0) is 31.2 Å². The van der Waals surface area contributed by atoms with E-state index in [-0.39, 0.29) is 0 Å². The molecule has 2 nitrogen and oxygen atoms in total. The minimum absolute atomic E-state index is 0.560. The van der Waals surface area contributed by atoms with Crippen LogP contribution in [0.3, 0.4) is 0 Å². The Kier molecular flexibility index (Phi) is 2.65. The highest BCUT2D eigenvalue weighted by Crippen LogP contribution is 2.47. The molecule has 0 radical (unpaired) electrons. The fourth-order valence-electron chi connectivity index (χ4n) is 1.69. The molecule has 1 saturated carbocycles. The summed E-state index contributed by atoms with van der Waals surface area (Å²) in [6.45, 7) is 4.42. The molecule has 0 amide bonds. The molecule has 3 heteroatoms. The van der Waals surface area contributed by atoms with Crippen molar-refractivity contribution in [2.45, 2.75) is 26.2 Å². The molecular formula is C10H16N2S. The van der Waals surface area contributed by atoms with E-state index in [9.17, 15) is 0 Å². The molecular weight excluding hydrogens is 180 g/mol. The summed E-state index contributed by atoms with van der Waals surface area (Å²) in [4.78, 5) is 4.34. The molecule has 13 heavy (non-hydrogen) atoms. The van der Waals surface area contributed by atoms with Crippen LogP contribution in [0.15, 0.2) is 10.9 Å². The zero-order valence-corrected chi connectivity index (χ0v) is 8.86. The van der Waals surface area contributed by atoms with E-state index < -0.39 is 0 Å². The number of thiazole rings is 1. The average Bonchev–Trinajstić information content (AvgIpc) is 2.69. The van der Waals surface area contributed by atoms with E-state index in [1.165, 1.54) is 31.5 Å². The van der Waals surface area contributed by atoms with E-state index >= 15 is 0 Å². The zero-order valence-electron chi connectivity index (χ0n) is 8.05. The Bertz CT molecular complexity index is 252. The molecule has 1 heterocycles. The fourth-order valence-corrected chi connectivity index (χ4v) is 2.25. The maximum absolute atomic E-state index is 4.34. The van der Waals surface area contributed by atoms with Gasteiger partial charge in [-0.2, -0.15) is 0 Å². The first-order valence-corrected chi connectivity index (χ1v) is 5.87. The third-order valence-corrected chi connectivity index (χ3v) is 3.38.